The lowest BCUT2D eigenvalue weighted by atomic mass is 9.87. The van der Waals surface area contributed by atoms with Crippen LogP contribution in [0.1, 0.15) is 52.9 Å². The Labute approximate surface area is 120 Å². The molecule has 0 rings (SSSR count). The standard InChI is InChI=1S/C14H28N2O4/c1-4-5-6-8-14(2,3)10-16-13(20)15-9-7-11(17)12(18)19/h11,17H,4-10H2,1-3H3,(H,18,19)(H2,15,16,20). The second-order valence-corrected chi connectivity index (χ2v) is 5.87. The van der Waals surface area contributed by atoms with E-state index in [1.807, 2.05) is 0 Å². The van der Waals surface area contributed by atoms with E-state index in [0.29, 0.717) is 6.54 Å². The van der Waals surface area contributed by atoms with Crippen LogP contribution >= 0.6 is 0 Å². The van der Waals surface area contributed by atoms with Crippen LogP contribution in [0.5, 0.6) is 0 Å². The van der Waals surface area contributed by atoms with Gasteiger partial charge in [-0.1, -0.05) is 40.0 Å². The number of aliphatic hydroxyl groups is 1. The molecule has 2 amide bonds. The number of carbonyl (C=O) groups excluding carboxylic acids is 1. The molecule has 0 aliphatic carbocycles. The molecular formula is C14H28N2O4. The second kappa shape index (κ2) is 9.58. The van der Waals surface area contributed by atoms with Crippen molar-refractivity contribution in [1.29, 1.82) is 0 Å². The molecule has 1 atom stereocenters. The molecule has 4 N–H and O–H groups in total. The molecule has 0 aliphatic rings. The van der Waals surface area contributed by atoms with Crippen molar-refractivity contribution in [3.63, 3.8) is 0 Å². The van der Waals surface area contributed by atoms with Gasteiger partial charge in [0.15, 0.2) is 6.10 Å². The minimum atomic E-state index is -1.43. The van der Waals surface area contributed by atoms with Gasteiger partial charge in [-0.2, -0.15) is 0 Å². The minimum Gasteiger partial charge on any atom is -0.479 e. The molecule has 0 radical (unpaired) electrons. The number of carboxylic acids is 1. The average molecular weight is 288 g/mol. The fourth-order valence-electron chi connectivity index (χ4n) is 1.77. The van der Waals surface area contributed by atoms with Crippen LogP contribution in [-0.2, 0) is 4.79 Å². The van der Waals surface area contributed by atoms with E-state index in [4.69, 9.17) is 10.2 Å². The number of nitrogens with one attached hydrogen (secondary N) is 2. The van der Waals surface area contributed by atoms with Crippen LogP contribution in [0.25, 0.3) is 0 Å². The number of aliphatic hydroxyl groups excluding tert-OH is 1. The molecule has 6 heteroatoms. The number of unbranched alkanes of at least 4 members (excludes halogenated alkanes) is 2. The Morgan fingerprint density at radius 1 is 1.20 bits per heavy atom. The van der Waals surface area contributed by atoms with Crippen LogP contribution < -0.4 is 10.6 Å². The molecule has 118 valence electrons. The number of hydrogen-bond donors (Lipinski definition) is 4. The van der Waals surface area contributed by atoms with Crippen molar-refractivity contribution in [3.8, 4) is 0 Å². The van der Waals surface area contributed by atoms with Crippen LogP contribution in [0, 0.1) is 5.41 Å². The summed E-state index contributed by atoms with van der Waals surface area (Å²) in [5, 5.41) is 22.8. The molecule has 6 nitrogen and oxygen atoms in total. The maximum Gasteiger partial charge on any atom is 0.332 e. The largest absolute Gasteiger partial charge is 0.479 e. The number of amides is 2. The molecule has 0 fully saturated rings. The molecule has 0 bridgehead atoms. The van der Waals surface area contributed by atoms with Gasteiger partial charge in [-0.05, 0) is 11.8 Å². The molecule has 0 aromatic carbocycles. The van der Waals surface area contributed by atoms with E-state index >= 15 is 0 Å². The maximum atomic E-state index is 11.5. The van der Waals surface area contributed by atoms with Crippen molar-refractivity contribution in [2.45, 2.75) is 59.0 Å². The van der Waals surface area contributed by atoms with Gasteiger partial charge in [-0.15, -0.1) is 0 Å². The number of aliphatic carboxylic acids is 1. The van der Waals surface area contributed by atoms with Crippen molar-refractivity contribution in [3.05, 3.63) is 0 Å². The molecule has 0 aromatic heterocycles. The van der Waals surface area contributed by atoms with Crippen molar-refractivity contribution in [2.75, 3.05) is 13.1 Å². The van der Waals surface area contributed by atoms with E-state index in [2.05, 4.69) is 31.4 Å². The summed E-state index contributed by atoms with van der Waals surface area (Å²) in [5.41, 5.74) is 0.0487. The number of urea groups is 1. The summed E-state index contributed by atoms with van der Waals surface area (Å²) in [6.07, 6.45) is 3.15. The number of rotatable bonds is 10. The van der Waals surface area contributed by atoms with Gasteiger partial charge < -0.3 is 20.8 Å². The fourth-order valence-corrected chi connectivity index (χ4v) is 1.77. The molecule has 0 saturated heterocycles. The van der Waals surface area contributed by atoms with E-state index in [-0.39, 0.29) is 24.4 Å². The SMILES string of the molecule is CCCCCC(C)(C)CNC(=O)NCCC(O)C(=O)O. The summed E-state index contributed by atoms with van der Waals surface area (Å²) >= 11 is 0. The highest BCUT2D eigenvalue weighted by atomic mass is 16.4. The summed E-state index contributed by atoms with van der Waals surface area (Å²) in [6, 6.07) is -0.328. The van der Waals surface area contributed by atoms with Crippen molar-refractivity contribution in [2.24, 2.45) is 5.41 Å². The lowest BCUT2D eigenvalue weighted by Crippen LogP contribution is -2.42. The van der Waals surface area contributed by atoms with Crippen molar-refractivity contribution in [1.82, 2.24) is 10.6 Å². The Morgan fingerprint density at radius 2 is 1.85 bits per heavy atom. The first-order valence-corrected chi connectivity index (χ1v) is 7.21. The van der Waals surface area contributed by atoms with E-state index in [0.717, 1.165) is 12.8 Å². The number of carbonyl (C=O) groups is 2. The highest BCUT2D eigenvalue weighted by molar-refractivity contribution is 5.74. The predicted octanol–water partition coefficient (Wildman–Crippen LogP) is 1.73. The number of carboxylic acid groups (broad SMARTS) is 1. The Balaban J connectivity index is 3.78. The highest BCUT2D eigenvalue weighted by Crippen LogP contribution is 2.22. The first-order chi connectivity index (χ1) is 9.28. The fraction of sp³-hybridized carbons (Fsp3) is 0.857. The molecule has 0 heterocycles. The van der Waals surface area contributed by atoms with Gasteiger partial charge in [0, 0.05) is 19.5 Å². The van der Waals surface area contributed by atoms with E-state index < -0.39 is 12.1 Å². The Morgan fingerprint density at radius 3 is 2.40 bits per heavy atom. The Hall–Kier alpha value is -1.30. The van der Waals surface area contributed by atoms with Gasteiger partial charge in [-0.3, -0.25) is 0 Å². The van der Waals surface area contributed by atoms with Crippen LogP contribution in [0.4, 0.5) is 4.79 Å². The first-order valence-electron chi connectivity index (χ1n) is 7.21. The summed E-state index contributed by atoms with van der Waals surface area (Å²) < 4.78 is 0. The Kier molecular flexibility index (Phi) is 8.96. The molecule has 1 unspecified atom stereocenters. The zero-order valence-electron chi connectivity index (χ0n) is 12.7. The van der Waals surface area contributed by atoms with Crippen LogP contribution in [0.3, 0.4) is 0 Å². The lowest BCUT2D eigenvalue weighted by molar-refractivity contribution is -0.146. The third-order valence-corrected chi connectivity index (χ3v) is 3.17. The van der Waals surface area contributed by atoms with Crippen LogP contribution in [0.2, 0.25) is 0 Å². The highest BCUT2D eigenvalue weighted by Gasteiger charge is 2.18. The molecule has 0 aromatic rings. The predicted molar refractivity (Wildman–Crippen MR) is 77.6 cm³/mol. The molecule has 20 heavy (non-hydrogen) atoms. The molecular weight excluding hydrogens is 260 g/mol. The summed E-state index contributed by atoms with van der Waals surface area (Å²) in [5.74, 6) is -1.27. The van der Waals surface area contributed by atoms with Crippen LogP contribution in [0.15, 0.2) is 0 Å². The van der Waals surface area contributed by atoms with Gasteiger partial charge in [0.1, 0.15) is 0 Å². The van der Waals surface area contributed by atoms with Crippen molar-refractivity contribution < 1.29 is 19.8 Å². The van der Waals surface area contributed by atoms with E-state index in [1.54, 1.807) is 0 Å². The smallest absolute Gasteiger partial charge is 0.332 e. The summed E-state index contributed by atoms with van der Waals surface area (Å²) in [4.78, 5) is 21.9. The summed E-state index contributed by atoms with van der Waals surface area (Å²) in [7, 11) is 0. The third kappa shape index (κ3) is 9.61. The monoisotopic (exact) mass is 288 g/mol. The lowest BCUT2D eigenvalue weighted by Gasteiger charge is -2.25. The number of hydrogen-bond acceptors (Lipinski definition) is 3. The quantitative estimate of drug-likeness (QED) is 0.460. The normalized spacial score (nSPS) is 12.8. The molecule has 0 saturated carbocycles. The third-order valence-electron chi connectivity index (χ3n) is 3.17. The minimum absolute atomic E-state index is 0.00263. The zero-order valence-corrected chi connectivity index (χ0v) is 12.7. The molecule has 0 spiro atoms. The zero-order chi connectivity index (χ0) is 15.6. The van der Waals surface area contributed by atoms with Gasteiger partial charge >= 0.3 is 12.0 Å². The molecule has 0 aliphatic heterocycles. The van der Waals surface area contributed by atoms with Gasteiger partial charge in [0.25, 0.3) is 0 Å². The van der Waals surface area contributed by atoms with Crippen LogP contribution in [-0.4, -0.2) is 41.4 Å². The van der Waals surface area contributed by atoms with E-state index in [1.165, 1.54) is 12.8 Å². The summed E-state index contributed by atoms with van der Waals surface area (Å²) in [6.45, 7) is 7.08. The Bertz CT molecular complexity index is 306. The average Bonchev–Trinajstić information content (AvgIpc) is 2.36. The topological polar surface area (TPSA) is 98.7 Å². The second-order valence-electron chi connectivity index (χ2n) is 5.87. The van der Waals surface area contributed by atoms with Crippen molar-refractivity contribution >= 4 is 12.0 Å². The van der Waals surface area contributed by atoms with Gasteiger partial charge in [-0.25, -0.2) is 9.59 Å². The van der Waals surface area contributed by atoms with Gasteiger partial charge in [0.05, 0.1) is 0 Å². The maximum absolute atomic E-state index is 11.5. The van der Waals surface area contributed by atoms with Gasteiger partial charge in [0.2, 0.25) is 0 Å². The van der Waals surface area contributed by atoms with E-state index in [9.17, 15) is 9.59 Å². The first kappa shape index (κ1) is 18.7.